The van der Waals surface area contributed by atoms with Gasteiger partial charge in [-0.2, -0.15) is 4.37 Å². The first kappa shape index (κ1) is 10.5. The van der Waals surface area contributed by atoms with Crippen LogP contribution in [0.1, 0.15) is 28.5 Å². The van der Waals surface area contributed by atoms with Crippen molar-refractivity contribution in [3.05, 3.63) is 10.8 Å². The van der Waals surface area contributed by atoms with Crippen molar-refractivity contribution < 1.29 is 9.90 Å². The van der Waals surface area contributed by atoms with Gasteiger partial charge in [-0.1, -0.05) is 0 Å². The number of aromatic nitrogens is 2. The first-order valence-electron chi connectivity index (χ1n) is 4.94. The summed E-state index contributed by atoms with van der Waals surface area (Å²) in [5.41, 5.74) is 0. The molecule has 1 amide bonds. The molecule has 0 bridgehead atoms. The van der Waals surface area contributed by atoms with E-state index in [0.717, 1.165) is 24.4 Å². The fourth-order valence-corrected chi connectivity index (χ4v) is 2.43. The zero-order chi connectivity index (χ0) is 10.8. The van der Waals surface area contributed by atoms with Gasteiger partial charge in [-0.25, -0.2) is 4.98 Å². The second kappa shape index (κ2) is 4.24. The standard InChI is InChI=1S/C9H13N3O2S/c1-6-10-8(15-11-6)9(14)12-4-2-3-7(12)5-13/h7,13H,2-5H2,1H3. The molecular formula is C9H13N3O2S. The van der Waals surface area contributed by atoms with Crippen LogP contribution in [0.5, 0.6) is 0 Å². The van der Waals surface area contributed by atoms with E-state index >= 15 is 0 Å². The zero-order valence-corrected chi connectivity index (χ0v) is 9.33. The highest BCUT2D eigenvalue weighted by Gasteiger charge is 2.30. The molecule has 1 saturated heterocycles. The van der Waals surface area contributed by atoms with Crippen LogP contribution < -0.4 is 0 Å². The number of carbonyl (C=O) groups excluding carboxylic acids is 1. The van der Waals surface area contributed by atoms with Crippen LogP contribution in [0.15, 0.2) is 0 Å². The summed E-state index contributed by atoms with van der Waals surface area (Å²) in [4.78, 5) is 17.7. The SMILES string of the molecule is Cc1nsc(C(=O)N2CCCC2CO)n1. The Hall–Kier alpha value is -1.01. The number of rotatable bonds is 2. The molecule has 15 heavy (non-hydrogen) atoms. The monoisotopic (exact) mass is 227 g/mol. The number of amides is 1. The molecule has 2 heterocycles. The summed E-state index contributed by atoms with van der Waals surface area (Å²) in [6.07, 6.45) is 1.83. The van der Waals surface area contributed by atoms with Crippen molar-refractivity contribution in [2.75, 3.05) is 13.2 Å². The average Bonchev–Trinajstić information content (AvgIpc) is 2.84. The van der Waals surface area contributed by atoms with Crippen molar-refractivity contribution in [3.8, 4) is 0 Å². The first-order chi connectivity index (χ1) is 7.22. The van der Waals surface area contributed by atoms with Crippen LogP contribution in [-0.4, -0.2) is 44.5 Å². The molecule has 0 radical (unpaired) electrons. The van der Waals surface area contributed by atoms with Gasteiger partial charge in [-0.15, -0.1) is 0 Å². The lowest BCUT2D eigenvalue weighted by Crippen LogP contribution is -2.37. The number of carbonyl (C=O) groups is 1. The number of hydrogen-bond acceptors (Lipinski definition) is 5. The van der Waals surface area contributed by atoms with Gasteiger partial charge in [0.1, 0.15) is 5.82 Å². The third kappa shape index (κ3) is 2.00. The Kier molecular flexibility index (Phi) is 2.97. The second-order valence-corrected chi connectivity index (χ2v) is 4.38. The number of aryl methyl sites for hydroxylation is 1. The van der Waals surface area contributed by atoms with Crippen LogP contribution in [0.2, 0.25) is 0 Å². The van der Waals surface area contributed by atoms with Gasteiger partial charge in [0.25, 0.3) is 5.91 Å². The third-order valence-electron chi connectivity index (χ3n) is 2.56. The second-order valence-electron chi connectivity index (χ2n) is 3.62. The largest absolute Gasteiger partial charge is 0.394 e. The Morgan fingerprint density at radius 2 is 2.53 bits per heavy atom. The van der Waals surface area contributed by atoms with Crippen LogP contribution in [0.3, 0.4) is 0 Å². The molecule has 0 saturated carbocycles. The molecule has 1 aromatic rings. The molecule has 1 fully saturated rings. The van der Waals surface area contributed by atoms with E-state index in [9.17, 15) is 4.79 Å². The molecule has 0 spiro atoms. The molecular weight excluding hydrogens is 214 g/mol. The molecule has 0 aromatic carbocycles. The topological polar surface area (TPSA) is 66.3 Å². The number of aliphatic hydroxyl groups excluding tert-OH is 1. The lowest BCUT2D eigenvalue weighted by atomic mass is 10.2. The molecule has 2 rings (SSSR count). The van der Waals surface area contributed by atoms with E-state index < -0.39 is 0 Å². The molecule has 1 aliphatic heterocycles. The van der Waals surface area contributed by atoms with Gasteiger partial charge in [0.15, 0.2) is 0 Å². The highest BCUT2D eigenvalue weighted by atomic mass is 32.1. The van der Waals surface area contributed by atoms with E-state index in [0.29, 0.717) is 17.4 Å². The maximum absolute atomic E-state index is 12.0. The minimum Gasteiger partial charge on any atom is -0.394 e. The summed E-state index contributed by atoms with van der Waals surface area (Å²) in [6, 6.07) is -0.0401. The van der Waals surface area contributed by atoms with Gasteiger partial charge in [0.2, 0.25) is 5.01 Å². The number of nitrogens with zero attached hydrogens (tertiary/aromatic N) is 3. The molecule has 0 aliphatic carbocycles. The Morgan fingerprint density at radius 3 is 3.13 bits per heavy atom. The van der Waals surface area contributed by atoms with Gasteiger partial charge in [0.05, 0.1) is 12.6 Å². The Labute approximate surface area is 91.9 Å². The van der Waals surface area contributed by atoms with Crippen molar-refractivity contribution in [1.29, 1.82) is 0 Å². The number of aliphatic hydroxyl groups is 1. The van der Waals surface area contributed by atoms with Crippen LogP contribution >= 0.6 is 11.5 Å². The van der Waals surface area contributed by atoms with Crippen molar-refractivity contribution in [2.45, 2.75) is 25.8 Å². The van der Waals surface area contributed by atoms with E-state index in [-0.39, 0.29) is 18.6 Å². The minimum absolute atomic E-state index is 0.0313. The van der Waals surface area contributed by atoms with E-state index in [1.165, 1.54) is 0 Å². The normalized spacial score (nSPS) is 20.9. The van der Waals surface area contributed by atoms with Gasteiger partial charge in [-0.05, 0) is 31.3 Å². The van der Waals surface area contributed by atoms with Gasteiger partial charge >= 0.3 is 0 Å². The minimum atomic E-state index is -0.0999. The summed E-state index contributed by atoms with van der Waals surface area (Å²) < 4.78 is 3.98. The zero-order valence-electron chi connectivity index (χ0n) is 8.51. The van der Waals surface area contributed by atoms with Crippen LogP contribution in [0, 0.1) is 6.92 Å². The smallest absolute Gasteiger partial charge is 0.284 e. The van der Waals surface area contributed by atoms with Crippen molar-refractivity contribution in [3.63, 3.8) is 0 Å². The van der Waals surface area contributed by atoms with Crippen molar-refractivity contribution >= 4 is 17.4 Å². The maximum atomic E-state index is 12.0. The highest BCUT2D eigenvalue weighted by Crippen LogP contribution is 2.20. The van der Waals surface area contributed by atoms with E-state index in [1.54, 1.807) is 11.8 Å². The lowest BCUT2D eigenvalue weighted by molar-refractivity contribution is 0.0677. The molecule has 1 unspecified atom stereocenters. The molecule has 1 aliphatic rings. The quantitative estimate of drug-likeness (QED) is 0.796. The summed E-state index contributed by atoms with van der Waals surface area (Å²) in [5.74, 6) is 0.528. The summed E-state index contributed by atoms with van der Waals surface area (Å²) in [5, 5.41) is 9.53. The summed E-state index contributed by atoms with van der Waals surface area (Å²) in [6.45, 7) is 2.51. The average molecular weight is 227 g/mol. The summed E-state index contributed by atoms with van der Waals surface area (Å²) >= 11 is 1.12. The van der Waals surface area contributed by atoms with E-state index in [4.69, 9.17) is 5.11 Å². The fourth-order valence-electron chi connectivity index (χ4n) is 1.80. The molecule has 1 atom stereocenters. The molecule has 1 N–H and O–H groups in total. The maximum Gasteiger partial charge on any atom is 0.284 e. The molecule has 82 valence electrons. The number of hydrogen-bond donors (Lipinski definition) is 1. The highest BCUT2D eigenvalue weighted by molar-refractivity contribution is 7.07. The Bertz CT molecular complexity index is 366. The Morgan fingerprint density at radius 1 is 1.73 bits per heavy atom. The number of likely N-dealkylation sites (tertiary alicyclic amines) is 1. The molecule has 6 heteroatoms. The lowest BCUT2D eigenvalue weighted by Gasteiger charge is -2.21. The van der Waals surface area contributed by atoms with Gasteiger partial charge in [0, 0.05) is 6.54 Å². The van der Waals surface area contributed by atoms with E-state index in [1.807, 2.05) is 0 Å². The Balaban J connectivity index is 2.13. The predicted octanol–water partition coefficient (Wildman–Crippen LogP) is 0.443. The van der Waals surface area contributed by atoms with Crippen molar-refractivity contribution in [2.24, 2.45) is 0 Å². The van der Waals surface area contributed by atoms with Crippen LogP contribution in [0.4, 0.5) is 0 Å². The molecule has 1 aromatic heterocycles. The fraction of sp³-hybridized carbons (Fsp3) is 0.667. The summed E-state index contributed by atoms with van der Waals surface area (Å²) in [7, 11) is 0. The van der Waals surface area contributed by atoms with Crippen LogP contribution in [-0.2, 0) is 0 Å². The van der Waals surface area contributed by atoms with Gasteiger partial charge in [-0.3, -0.25) is 4.79 Å². The third-order valence-corrected chi connectivity index (χ3v) is 3.35. The van der Waals surface area contributed by atoms with Crippen LogP contribution in [0.25, 0.3) is 0 Å². The van der Waals surface area contributed by atoms with E-state index in [2.05, 4.69) is 9.36 Å². The first-order valence-corrected chi connectivity index (χ1v) is 5.72. The van der Waals surface area contributed by atoms with Gasteiger partial charge < -0.3 is 10.0 Å². The molecule has 5 nitrogen and oxygen atoms in total. The van der Waals surface area contributed by atoms with Crippen molar-refractivity contribution in [1.82, 2.24) is 14.3 Å². The predicted molar refractivity (Wildman–Crippen MR) is 55.8 cm³/mol.